The van der Waals surface area contributed by atoms with Crippen LogP contribution < -0.4 is 10.1 Å². The average molecular weight is 729 g/mol. The molecule has 0 aliphatic carbocycles. The SMILES string of the molecule is CC#CCOc1ccc(C[C@H](NC(=O)[C@@H](/C=C/CCCCCCC(=O)CCCCCCC)[C@@](O)(CC(=O)O)C(=O)O)C(=O)OCC(=O)N(C)C)cc1. The van der Waals surface area contributed by atoms with Gasteiger partial charge in [0.25, 0.3) is 5.91 Å². The number of ether oxygens (including phenoxy) is 2. The summed E-state index contributed by atoms with van der Waals surface area (Å²) in [5.74, 6) is -1.93. The van der Waals surface area contributed by atoms with Crippen molar-refractivity contribution < 1.29 is 53.6 Å². The molecule has 1 aromatic rings. The van der Waals surface area contributed by atoms with Crippen molar-refractivity contribution in [3.05, 3.63) is 42.0 Å². The fourth-order valence-electron chi connectivity index (χ4n) is 5.20. The van der Waals surface area contributed by atoms with Gasteiger partial charge in [-0.05, 0) is 50.3 Å². The first-order valence-electron chi connectivity index (χ1n) is 17.9. The van der Waals surface area contributed by atoms with E-state index in [0.717, 1.165) is 51.0 Å². The number of amides is 2. The molecule has 13 heteroatoms. The fraction of sp³-hybridized carbons (Fsp3) is 0.590. The first-order valence-corrected chi connectivity index (χ1v) is 17.9. The van der Waals surface area contributed by atoms with Gasteiger partial charge in [-0.2, -0.15) is 0 Å². The summed E-state index contributed by atoms with van der Waals surface area (Å²) in [6, 6.07) is 5.07. The number of likely N-dealkylation sites (N-methyl/N-ethyl adjacent to an activating group) is 1. The quantitative estimate of drug-likeness (QED) is 0.0432. The maximum atomic E-state index is 13.7. The number of carboxylic acid groups (broad SMARTS) is 2. The second-order valence-corrected chi connectivity index (χ2v) is 12.9. The Balaban J connectivity index is 3.08. The molecule has 13 nitrogen and oxygen atoms in total. The number of aliphatic hydroxyl groups is 1. The Hall–Kier alpha value is -4.70. The monoisotopic (exact) mass is 728 g/mol. The minimum absolute atomic E-state index is 0.155. The minimum Gasteiger partial charge on any atom is -0.481 e. The standard InChI is InChI=1S/C39H56N2O11/c1-5-7-9-12-15-18-30(42)19-16-13-10-11-14-17-20-32(39(50,38(48)49)27-35(44)45)36(46)40-33(37(47)52-28-34(43)41(3)4)26-29-21-23-31(24-22-29)51-25-8-6-2/h17,20-24,32-33,50H,5,7,9-16,18-19,25-28H2,1-4H3,(H,40,46)(H,44,45)(H,48,49)/b20-17+/t32-,33+,39+/m1/s1. The highest BCUT2D eigenvalue weighted by atomic mass is 16.5. The van der Waals surface area contributed by atoms with Gasteiger partial charge in [-0.1, -0.05) is 75.7 Å². The van der Waals surface area contributed by atoms with E-state index in [-0.39, 0.29) is 18.8 Å². The highest BCUT2D eigenvalue weighted by molar-refractivity contribution is 5.95. The Morgan fingerprint density at radius 3 is 2.10 bits per heavy atom. The highest BCUT2D eigenvalue weighted by Crippen LogP contribution is 2.26. The van der Waals surface area contributed by atoms with Crippen LogP contribution in [0.15, 0.2) is 36.4 Å². The zero-order valence-electron chi connectivity index (χ0n) is 31.0. The third-order valence-corrected chi connectivity index (χ3v) is 8.34. The maximum Gasteiger partial charge on any atom is 0.337 e. The lowest BCUT2D eigenvalue weighted by molar-refractivity contribution is -0.172. The lowest BCUT2D eigenvalue weighted by atomic mass is 9.82. The summed E-state index contributed by atoms with van der Waals surface area (Å²) in [5, 5.41) is 32.9. The maximum absolute atomic E-state index is 13.7. The van der Waals surface area contributed by atoms with Crippen LogP contribution in [0.4, 0.5) is 0 Å². The Morgan fingerprint density at radius 1 is 0.923 bits per heavy atom. The van der Waals surface area contributed by atoms with Gasteiger partial charge in [0.1, 0.15) is 24.2 Å². The van der Waals surface area contributed by atoms with Crippen molar-refractivity contribution in [2.45, 2.75) is 115 Å². The smallest absolute Gasteiger partial charge is 0.337 e. The lowest BCUT2D eigenvalue weighted by Gasteiger charge is -2.30. The summed E-state index contributed by atoms with van der Waals surface area (Å²) in [6.45, 7) is 3.36. The molecule has 0 spiro atoms. The van der Waals surface area contributed by atoms with Crippen LogP contribution >= 0.6 is 0 Å². The van der Waals surface area contributed by atoms with Gasteiger partial charge in [-0.15, -0.1) is 5.92 Å². The summed E-state index contributed by atoms with van der Waals surface area (Å²) in [5.41, 5.74) is -2.52. The number of hydrogen-bond donors (Lipinski definition) is 4. The van der Waals surface area contributed by atoms with Gasteiger partial charge in [0, 0.05) is 33.4 Å². The minimum atomic E-state index is -3.06. The van der Waals surface area contributed by atoms with Gasteiger partial charge in [0.05, 0.1) is 12.3 Å². The van der Waals surface area contributed by atoms with Gasteiger partial charge in [0.15, 0.2) is 12.2 Å². The average Bonchev–Trinajstić information content (AvgIpc) is 3.09. The van der Waals surface area contributed by atoms with Gasteiger partial charge in [-0.25, -0.2) is 9.59 Å². The third kappa shape index (κ3) is 18.0. The molecule has 0 fully saturated rings. The van der Waals surface area contributed by atoms with Crippen LogP contribution in [0.25, 0.3) is 0 Å². The molecule has 0 aliphatic rings. The van der Waals surface area contributed by atoms with E-state index < -0.39 is 60.3 Å². The molecule has 0 aromatic heterocycles. The highest BCUT2D eigenvalue weighted by Gasteiger charge is 2.49. The molecule has 0 heterocycles. The molecule has 4 N–H and O–H groups in total. The Morgan fingerprint density at radius 2 is 1.54 bits per heavy atom. The van der Waals surface area contributed by atoms with E-state index in [4.69, 9.17) is 9.47 Å². The second-order valence-electron chi connectivity index (χ2n) is 12.9. The van der Waals surface area contributed by atoms with E-state index >= 15 is 0 Å². The second kappa shape index (κ2) is 25.3. The number of nitrogens with zero attached hydrogens (tertiary/aromatic N) is 1. The number of unbranched alkanes of at least 4 members (excludes halogenated alkanes) is 8. The van der Waals surface area contributed by atoms with Crippen molar-refractivity contribution in [3.8, 4) is 17.6 Å². The van der Waals surface area contributed by atoms with Crippen molar-refractivity contribution in [2.75, 3.05) is 27.3 Å². The molecule has 0 saturated carbocycles. The predicted octanol–water partition coefficient (Wildman–Crippen LogP) is 4.48. The number of allylic oxidation sites excluding steroid dienone is 1. The van der Waals surface area contributed by atoms with E-state index in [2.05, 4.69) is 24.1 Å². The largest absolute Gasteiger partial charge is 0.481 e. The van der Waals surface area contributed by atoms with Crippen LogP contribution in [0.5, 0.6) is 5.75 Å². The van der Waals surface area contributed by atoms with Crippen molar-refractivity contribution in [1.82, 2.24) is 10.2 Å². The number of hydrogen-bond acceptors (Lipinski definition) is 9. The molecule has 1 rings (SSSR count). The molecule has 52 heavy (non-hydrogen) atoms. The molecule has 2 amide bonds. The zero-order valence-corrected chi connectivity index (χ0v) is 31.0. The van der Waals surface area contributed by atoms with Crippen LogP contribution in [-0.2, 0) is 39.9 Å². The molecule has 0 saturated heterocycles. The molecule has 0 radical (unpaired) electrons. The molecule has 0 aliphatic heterocycles. The van der Waals surface area contributed by atoms with Gasteiger partial charge < -0.3 is 35.0 Å². The van der Waals surface area contributed by atoms with E-state index in [9.17, 15) is 44.1 Å². The number of aliphatic carboxylic acids is 2. The van der Waals surface area contributed by atoms with Crippen LogP contribution in [0.3, 0.4) is 0 Å². The number of nitrogens with one attached hydrogen (secondary N) is 1. The lowest BCUT2D eigenvalue weighted by Crippen LogP contribution is -2.55. The Labute approximate surface area is 307 Å². The zero-order chi connectivity index (χ0) is 38.9. The summed E-state index contributed by atoms with van der Waals surface area (Å²) >= 11 is 0. The molecular weight excluding hydrogens is 672 g/mol. The first-order chi connectivity index (χ1) is 24.7. The van der Waals surface area contributed by atoms with E-state index in [1.165, 1.54) is 31.5 Å². The number of carbonyl (C=O) groups excluding carboxylic acids is 4. The summed E-state index contributed by atoms with van der Waals surface area (Å²) in [7, 11) is 2.94. The van der Waals surface area contributed by atoms with Gasteiger partial charge in [-0.3, -0.25) is 19.2 Å². The number of rotatable bonds is 27. The molecular formula is C39H56N2O11. The number of esters is 1. The number of ketones is 1. The normalized spacial score (nSPS) is 13.2. The van der Waals surface area contributed by atoms with E-state index in [1.54, 1.807) is 31.2 Å². The van der Waals surface area contributed by atoms with Crippen LogP contribution in [0.2, 0.25) is 0 Å². The van der Waals surface area contributed by atoms with Crippen molar-refractivity contribution >= 4 is 35.5 Å². The summed E-state index contributed by atoms with van der Waals surface area (Å²) in [6.07, 6.45) is 11.1. The third-order valence-electron chi connectivity index (χ3n) is 8.34. The van der Waals surface area contributed by atoms with Crippen molar-refractivity contribution in [2.24, 2.45) is 5.92 Å². The van der Waals surface area contributed by atoms with Crippen LogP contribution in [-0.4, -0.2) is 94.7 Å². The van der Waals surface area contributed by atoms with Gasteiger partial charge in [0.2, 0.25) is 5.91 Å². The predicted molar refractivity (Wildman–Crippen MR) is 194 cm³/mol. The number of carbonyl (C=O) groups is 6. The number of Topliss-reactive ketones (excluding diaryl/α,β-unsaturated/α-hetero) is 1. The summed E-state index contributed by atoms with van der Waals surface area (Å²) in [4.78, 5) is 76.2. The Bertz CT molecular complexity index is 1390. The van der Waals surface area contributed by atoms with E-state index in [1.807, 2.05) is 0 Å². The van der Waals surface area contributed by atoms with Crippen molar-refractivity contribution in [1.29, 1.82) is 0 Å². The van der Waals surface area contributed by atoms with Crippen LogP contribution in [0, 0.1) is 17.8 Å². The molecule has 0 unspecified atom stereocenters. The van der Waals surface area contributed by atoms with Crippen LogP contribution in [0.1, 0.15) is 103 Å². The van der Waals surface area contributed by atoms with E-state index in [0.29, 0.717) is 37.0 Å². The Kier molecular flexibility index (Phi) is 22.0. The summed E-state index contributed by atoms with van der Waals surface area (Å²) < 4.78 is 10.7. The first kappa shape index (κ1) is 45.3. The topological polar surface area (TPSA) is 197 Å². The molecule has 288 valence electrons. The number of benzene rings is 1. The molecule has 3 atom stereocenters. The van der Waals surface area contributed by atoms with Gasteiger partial charge >= 0.3 is 17.9 Å². The molecule has 1 aromatic carbocycles. The van der Waals surface area contributed by atoms with Crippen molar-refractivity contribution in [3.63, 3.8) is 0 Å². The number of carboxylic acids is 2. The fourth-order valence-corrected chi connectivity index (χ4v) is 5.20. The molecule has 0 bridgehead atoms.